The minimum atomic E-state index is 0.298. The number of aromatic nitrogens is 3. The van der Waals surface area contributed by atoms with Crippen LogP contribution in [0.25, 0.3) is 0 Å². The molecule has 15 heavy (non-hydrogen) atoms. The summed E-state index contributed by atoms with van der Waals surface area (Å²) in [6, 6.07) is 0. The average Bonchev–Trinajstić information content (AvgIpc) is 2.69. The summed E-state index contributed by atoms with van der Waals surface area (Å²) >= 11 is 0. The van der Waals surface area contributed by atoms with E-state index in [1.165, 1.54) is 12.8 Å². The maximum absolute atomic E-state index is 4.10. The minimum absolute atomic E-state index is 0.298. The smallest absolute Gasteiger partial charge is 0.133 e. The summed E-state index contributed by atoms with van der Waals surface area (Å²) in [6.07, 6.45) is 4.05. The van der Waals surface area contributed by atoms with Crippen molar-refractivity contribution in [2.75, 3.05) is 13.1 Å². The van der Waals surface area contributed by atoms with E-state index in [4.69, 9.17) is 0 Å². The first kappa shape index (κ1) is 10.6. The zero-order chi connectivity index (χ0) is 10.9. The Morgan fingerprint density at radius 2 is 2.00 bits per heavy atom. The van der Waals surface area contributed by atoms with E-state index in [2.05, 4.69) is 40.9 Å². The molecule has 0 amide bonds. The summed E-state index contributed by atoms with van der Waals surface area (Å²) in [5.41, 5.74) is 0.298. The Kier molecular flexibility index (Phi) is 2.78. The topological polar surface area (TPSA) is 44.8 Å². The van der Waals surface area contributed by atoms with Crippen LogP contribution in [0.3, 0.4) is 0 Å². The van der Waals surface area contributed by atoms with E-state index in [1.807, 2.05) is 0 Å². The van der Waals surface area contributed by atoms with Crippen LogP contribution in [0.2, 0.25) is 0 Å². The van der Waals surface area contributed by atoms with Gasteiger partial charge in [0, 0.05) is 11.5 Å². The van der Waals surface area contributed by atoms with Crippen LogP contribution >= 0.6 is 0 Å². The van der Waals surface area contributed by atoms with Gasteiger partial charge >= 0.3 is 0 Å². The molecule has 1 aliphatic heterocycles. The molecule has 0 bridgehead atoms. The zero-order valence-electron chi connectivity index (χ0n) is 9.82. The van der Waals surface area contributed by atoms with E-state index in [0.29, 0.717) is 11.5 Å². The van der Waals surface area contributed by atoms with Crippen molar-refractivity contribution in [3.05, 3.63) is 12.2 Å². The molecule has 1 aromatic rings. The van der Waals surface area contributed by atoms with Gasteiger partial charge in [-0.3, -0.25) is 4.90 Å². The third-order valence-electron chi connectivity index (χ3n) is 3.27. The van der Waals surface area contributed by atoms with E-state index < -0.39 is 0 Å². The molecule has 1 saturated heterocycles. The van der Waals surface area contributed by atoms with Crippen LogP contribution in [0.5, 0.6) is 0 Å². The standard InChI is InChI=1S/C11H20N4/c1-11(2,3)15-6-4-9(5-7-15)10-12-8-13-14-10/h8-9H,4-7H2,1-3H3,(H,12,13,14). The quantitative estimate of drug-likeness (QED) is 0.765. The van der Waals surface area contributed by atoms with E-state index in [-0.39, 0.29) is 0 Å². The fourth-order valence-corrected chi connectivity index (χ4v) is 2.24. The molecule has 0 spiro atoms. The molecular formula is C11H20N4. The largest absolute Gasteiger partial charge is 0.331 e. The Hall–Kier alpha value is -0.900. The van der Waals surface area contributed by atoms with Crippen LogP contribution in [0.4, 0.5) is 0 Å². The molecule has 1 fully saturated rings. The highest BCUT2D eigenvalue weighted by molar-refractivity contribution is 4.97. The number of piperidine rings is 1. The first-order valence-electron chi connectivity index (χ1n) is 5.68. The fraction of sp³-hybridized carbons (Fsp3) is 0.818. The highest BCUT2D eigenvalue weighted by Crippen LogP contribution is 2.28. The number of hydrogen-bond acceptors (Lipinski definition) is 3. The number of hydrogen-bond donors (Lipinski definition) is 1. The molecular weight excluding hydrogens is 188 g/mol. The maximum atomic E-state index is 4.10. The second kappa shape index (κ2) is 3.93. The zero-order valence-corrected chi connectivity index (χ0v) is 9.82. The summed E-state index contributed by atoms with van der Waals surface area (Å²) in [4.78, 5) is 5.66. The summed E-state index contributed by atoms with van der Waals surface area (Å²) < 4.78 is 0. The lowest BCUT2D eigenvalue weighted by Gasteiger charge is -2.40. The van der Waals surface area contributed by atoms with Crippen LogP contribution in [0.1, 0.15) is 45.4 Å². The summed E-state index contributed by atoms with van der Waals surface area (Å²) in [7, 11) is 0. The fourth-order valence-electron chi connectivity index (χ4n) is 2.24. The molecule has 2 heterocycles. The van der Waals surface area contributed by atoms with E-state index >= 15 is 0 Å². The third kappa shape index (κ3) is 2.37. The molecule has 4 nitrogen and oxygen atoms in total. The molecule has 1 aromatic heterocycles. The van der Waals surface area contributed by atoms with E-state index in [1.54, 1.807) is 6.33 Å². The van der Waals surface area contributed by atoms with Gasteiger partial charge in [0.25, 0.3) is 0 Å². The normalized spacial score (nSPS) is 20.7. The SMILES string of the molecule is CC(C)(C)N1CCC(c2nnc[nH]2)CC1. The lowest BCUT2D eigenvalue weighted by Crippen LogP contribution is -2.45. The Morgan fingerprint density at radius 3 is 2.47 bits per heavy atom. The highest BCUT2D eigenvalue weighted by atomic mass is 15.2. The van der Waals surface area contributed by atoms with Crippen molar-refractivity contribution in [3.8, 4) is 0 Å². The number of nitrogens with one attached hydrogen (secondary N) is 1. The first-order chi connectivity index (χ1) is 7.07. The number of rotatable bonds is 1. The lowest BCUT2D eigenvalue weighted by molar-refractivity contribution is 0.101. The van der Waals surface area contributed by atoms with Gasteiger partial charge in [-0.05, 0) is 46.7 Å². The van der Waals surface area contributed by atoms with Crippen molar-refractivity contribution in [1.82, 2.24) is 20.1 Å². The Bertz CT molecular complexity index is 291. The molecule has 0 aliphatic carbocycles. The van der Waals surface area contributed by atoms with Gasteiger partial charge in [0.05, 0.1) is 0 Å². The van der Waals surface area contributed by atoms with Gasteiger partial charge in [-0.1, -0.05) is 0 Å². The summed E-state index contributed by atoms with van der Waals surface area (Å²) in [5, 5.41) is 7.95. The van der Waals surface area contributed by atoms with Crippen LogP contribution in [-0.4, -0.2) is 38.7 Å². The predicted molar refractivity (Wildman–Crippen MR) is 59.7 cm³/mol. The van der Waals surface area contributed by atoms with Gasteiger partial charge in [0.2, 0.25) is 0 Å². The van der Waals surface area contributed by atoms with Gasteiger partial charge in [0.15, 0.2) is 0 Å². The number of likely N-dealkylation sites (tertiary alicyclic amines) is 1. The molecule has 1 aliphatic rings. The Morgan fingerprint density at radius 1 is 1.33 bits per heavy atom. The lowest BCUT2D eigenvalue weighted by atomic mass is 9.92. The Labute approximate surface area is 91.1 Å². The van der Waals surface area contributed by atoms with Gasteiger partial charge in [-0.25, -0.2) is 0 Å². The average molecular weight is 208 g/mol. The van der Waals surface area contributed by atoms with Gasteiger partial charge in [-0.2, -0.15) is 0 Å². The third-order valence-corrected chi connectivity index (χ3v) is 3.27. The molecule has 0 unspecified atom stereocenters. The first-order valence-corrected chi connectivity index (χ1v) is 5.68. The van der Waals surface area contributed by atoms with Gasteiger partial charge < -0.3 is 4.98 Å². The maximum Gasteiger partial charge on any atom is 0.133 e. The van der Waals surface area contributed by atoms with Crippen molar-refractivity contribution in [3.63, 3.8) is 0 Å². The van der Waals surface area contributed by atoms with Crippen LogP contribution in [0.15, 0.2) is 6.33 Å². The number of aromatic amines is 1. The van der Waals surface area contributed by atoms with E-state index in [0.717, 1.165) is 18.9 Å². The minimum Gasteiger partial charge on any atom is -0.331 e. The highest BCUT2D eigenvalue weighted by Gasteiger charge is 2.28. The van der Waals surface area contributed by atoms with Crippen LogP contribution < -0.4 is 0 Å². The summed E-state index contributed by atoms with van der Waals surface area (Å²) in [5.74, 6) is 1.63. The number of H-pyrrole nitrogens is 1. The van der Waals surface area contributed by atoms with Gasteiger partial charge in [0.1, 0.15) is 12.2 Å². The van der Waals surface area contributed by atoms with E-state index in [9.17, 15) is 0 Å². The second-order valence-electron chi connectivity index (χ2n) is 5.31. The van der Waals surface area contributed by atoms with Crippen molar-refractivity contribution >= 4 is 0 Å². The molecule has 0 atom stereocenters. The molecule has 0 saturated carbocycles. The Balaban J connectivity index is 1.93. The van der Waals surface area contributed by atoms with Crippen LogP contribution in [-0.2, 0) is 0 Å². The monoisotopic (exact) mass is 208 g/mol. The molecule has 0 radical (unpaired) electrons. The summed E-state index contributed by atoms with van der Waals surface area (Å²) in [6.45, 7) is 9.16. The van der Waals surface area contributed by atoms with Crippen molar-refractivity contribution in [2.45, 2.75) is 45.1 Å². The van der Waals surface area contributed by atoms with Gasteiger partial charge in [-0.15, -0.1) is 10.2 Å². The predicted octanol–water partition coefficient (Wildman–Crippen LogP) is 1.78. The van der Waals surface area contributed by atoms with Crippen LogP contribution in [0, 0.1) is 0 Å². The van der Waals surface area contributed by atoms with Crippen molar-refractivity contribution in [2.24, 2.45) is 0 Å². The van der Waals surface area contributed by atoms with Crippen molar-refractivity contribution < 1.29 is 0 Å². The molecule has 1 N–H and O–H groups in total. The second-order valence-corrected chi connectivity index (χ2v) is 5.31. The molecule has 84 valence electrons. The van der Waals surface area contributed by atoms with Crippen molar-refractivity contribution in [1.29, 1.82) is 0 Å². The number of nitrogens with zero attached hydrogens (tertiary/aromatic N) is 3. The molecule has 2 rings (SSSR count). The molecule has 4 heteroatoms. The molecule has 0 aromatic carbocycles.